The van der Waals surface area contributed by atoms with Crippen LogP contribution in [0.5, 0.6) is 0 Å². The van der Waals surface area contributed by atoms with E-state index < -0.39 is 17.8 Å². The van der Waals surface area contributed by atoms with E-state index in [-0.39, 0.29) is 15.6 Å². The molecular weight excluding hydrogens is 252 g/mol. The van der Waals surface area contributed by atoms with E-state index in [4.69, 9.17) is 23.2 Å². The summed E-state index contributed by atoms with van der Waals surface area (Å²) in [6.07, 6.45) is -5.50. The molecule has 0 saturated carbocycles. The Bertz CT molecular complexity index is 351. The normalized spacial score (nSPS) is 14.1. The summed E-state index contributed by atoms with van der Waals surface area (Å²) >= 11 is 11.2. The number of aliphatic hydroxyl groups excluding tert-OH is 1. The second-order valence-corrected chi connectivity index (χ2v) is 3.84. The molecule has 1 aromatic carbocycles. The van der Waals surface area contributed by atoms with Crippen molar-refractivity contribution in [3.8, 4) is 0 Å². The molecule has 0 aromatic heterocycles. The first-order valence-electron chi connectivity index (χ1n) is 3.97. The van der Waals surface area contributed by atoms with Gasteiger partial charge in [-0.15, -0.1) is 0 Å². The van der Waals surface area contributed by atoms with Gasteiger partial charge in [0.15, 0.2) is 0 Å². The minimum absolute atomic E-state index is 0.103. The third kappa shape index (κ3) is 2.77. The van der Waals surface area contributed by atoms with Crippen molar-refractivity contribution >= 4 is 23.2 Å². The molecule has 0 amide bonds. The first-order chi connectivity index (χ1) is 6.73. The van der Waals surface area contributed by atoms with Crippen molar-refractivity contribution in [3.63, 3.8) is 0 Å². The summed E-state index contributed by atoms with van der Waals surface area (Å²) in [4.78, 5) is 0. The van der Waals surface area contributed by atoms with Gasteiger partial charge in [-0.3, -0.25) is 0 Å². The maximum Gasteiger partial charge on any atom is 0.416 e. The molecule has 0 spiro atoms. The molecule has 15 heavy (non-hydrogen) atoms. The van der Waals surface area contributed by atoms with Crippen LogP contribution in [0.3, 0.4) is 0 Å². The topological polar surface area (TPSA) is 20.2 Å². The highest BCUT2D eigenvalue weighted by atomic mass is 35.5. The highest BCUT2D eigenvalue weighted by Gasteiger charge is 2.32. The van der Waals surface area contributed by atoms with Crippen LogP contribution in [0.4, 0.5) is 13.2 Å². The molecule has 6 heteroatoms. The fourth-order valence-electron chi connectivity index (χ4n) is 1.15. The Labute approximate surface area is 94.4 Å². The molecule has 1 rings (SSSR count). The second-order valence-electron chi connectivity index (χ2n) is 3.03. The molecule has 0 radical (unpaired) electrons. The SMILES string of the molecule is CC(O)c1c(Cl)cc(C(F)(F)F)cc1Cl. The second kappa shape index (κ2) is 4.20. The Morgan fingerprint density at radius 3 is 1.87 bits per heavy atom. The summed E-state index contributed by atoms with van der Waals surface area (Å²) in [5.74, 6) is 0. The summed E-state index contributed by atoms with van der Waals surface area (Å²) < 4.78 is 36.9. The molecule has 0 aliphatic heterocycles. The van der Waals surface area contributed by atoms with E-state index in [9.17, 15) is 18.3 Å². The Hall–Kier alpha value is -0.450. The number of rotatable bonds is 1. The smallest absolute Gasteiger partial charge is 0.389 e. The van der Waals surface area contributed by atoms with Crippen LogP contribution in [0.25, 0.3) is 0 Å². The van der Waals surface area contributed by atoms with Crippen molar-refractivity contribution in [2.75, 3.05) is 0 Å². The third-order valence-corrected chi connectivity index (χ3v) is 2.45. The van der Waals surface area contributed by atoms with Crippen molar-refractivity contribution in [1.82, 2.24) is 0 Å². The van der Waals surface area contributed by atoms with Crippen LogP contribution >= 0.6 is 23.2 Å². The number of hydrogen-bond donors (Lipinski definition) is 1. The predicted octanol–water partition coefficient (Wildman–Crippen LogP) is 4.07. The minimum atomic E-state index is -4.50. The van der Waals surface area contributed by atoms with Crippen molar-refractivity contribution in [2.24, 2.45) is 0 Å². The van der Waals surface area contributed by atoms with Gasteiger partial charge in [0.2, 0.25) is 0 Å². The molecule has 0 saturated heterocycles. The molecule has 1 aromatic rings. The Kier molecular flexibility index (Phi) is 3.53. The average molecular weight is 259 g/mol. The summed E-state index contributed by atoms with van der Waals surface area (Å²) in [5, 5.41) is 8.85. The highest BCUT2D eigenvalue weighted by Crippen LogP contribution is 2.37. The van der Waals surface area contributed by atoms with E-state index in [0.29, 0.717) is 0 Å². The zero-order chi connectivity index (χ0) is 11.8. The molecule has 1 nitrogen and oxygen atoms in total. The quantitative estimate of drug-likeness (QED) is 0.806. The first-order valence-corrected chi connectivity index (χ1v) is 4.73. The van der Waals surface area contributed by atoms with Crippen LogP contribution in [-0.4, -0.2) is 5.11 Å². The largest absolute Gasteiger partial charge is 0.416 e. The Balaban J connectivity index is 3.32. The molecule has 1 unspecified atom stereocenters. The Morgan fingerprint density at radius 2 is 1.60 bits per heavy atom. The molecule has 84 valence electrons. The maximum absolute atomic E-state index is 12.3. The molecule has 0 bridgehead atoms. The number of halogens is 5. The van der Waals surface area contributed by atoms with Crippen molar-refractivity contribution in [2.45, 2.75) is 19.2 Å². The van der Waals surface area contributed by atoms with Crippen molar-refractivity contribution in [3.05, 3.63) is 33.3 Å². The van der Waals surface area contributed by atoms with Gasteiger partial charge in [0.1, 0.15) is 0 Å². The van der Waals surface area contributed by atoms with Crippen LogP contribution in [0.2, 0.25) is 10.0 Å². The number of benzene rings is 1. The number of aliphatic hydroxyl groups is 1. The van der Waals surface area contributed by atoms with Crippen LogP contribution in [0, 0.1) is 0 Å². The monoisotopic (exact) mass is 258 g/mol. The van der Waals surface area contributed by atoms with Crippen LogP contribution in [0.15, 0.2) is 12.1 Å². The first kappa shape index (κ1) is 12.6. The van der Waals surface area contributed by atoms with Crippen LogP contribution in [0.1, 0.15) is 24.2 Å². The number of hydrogen-bond acceptors (Lipinski definition) is 1. The lowest BCUT2D eigenvalue weighted by Crippen LogP contribution is -2.06. The highest BCUT2D eigenvalue weighted by molar-refractivity contribution is 6.36. The summed E-state index contributed by atoms with van der Waals surface area (Å²) in [6, 6.07) is 1.49. The zero-order valence-corrected chi connectivity index (χ0v) is 9.08. The molecule has 0 fully saturated rings. The van der Waals surface area contributed by atoms with E-state index in [2.05, 4.69) is 0 Å². The molecule has 1 N–H and O–H groups in total. The molecule has 0 heterocycles. The van der Waals surface area contributed by atoms with Crippen molar-refractivity contribution in [1.29, 1.82) is 0 Å². The molecule has 0 aliphatic rings. The van der Waals surface area contributed by atoms with Gasteiger partial charge in [0, 0.05) is 15.6 Å². The van der Waals surface area contributed by atoms with E-state index >= 15 is 0 Å². The maximum atomic E-state index is 12.3. The summed E-state index contributed by atoms with van der Waals surface area (Å²) in [7, 11) is 0. The van der Waals surface area contributed by atoms with Gasteiger partial charge >= 0.3 is 6.18 Å². The molecular formula is C9H7Cl2F3O. The van der Waals surface area contributed by atoms with Gasteiger partial charge in [0.05, 0.1) is 11.7 Å². The van der Waals surface area contributed by atoms with Gasteiger partial charge < -0.3 is 5.11 Å². The molecule has 1 atom stereocenters. The standard InChI is InChI=1S/C9H7Cl2F3O/c1-4(15)8-6(10)2-5(3-7(8)11)9(12,13)14/h2-4,15H,1H3. The summed E-state index contributed by atoms with van der Waals surface area (Å²) in [5.41, 5.74) is -0.826. The minimum Gasteiger partial charge on any atom is -0.389 e. The van der Waals surface area contributed by atoms with Gasteiger partial charge in [-0.25, -0.2) is 0 Å². The van der Waals surface area contributed by atoms with Gasteiger partial charge in [0.25, 0.3) is 0 Å². The van der Waals surface area contributed by atoms with E-state index in [1.54, 1.807) is 0 Å². The van der Waals surface area contributed by atoms with Gasteiger partial charge in [-0.1, -0.05) is 23.2 Å². The van der Waals surface area contributed by atoms with E-state index in [0.717, 1.165) is 12.1 Å². The molecule has 0 aliphatic carbocycles. The number of alkyl halides is 3. The zero-order valence-electron chi connectivity index (χ0n) is 7.57. The fraction of sp³-hybridized carbons (Fsp3) is 0.333. The van der Waals surface area contributed by atoms with Gasteiger partial charge in [-0.2, -0.15) is 13.2 Å². The lowest BCUT2D eigenvalue weighted by atomic mass is 10.1. The van der Waals surface area contributed by atoms with Crippen LogP contribution in [-0.2, 0) is 6.18 Å². The van der Waals surface area contributed by atoms with E-state index in [1.165, 1.54) is 6.92 Å². The fourth-order valence-corrected chi connectivity index (χ4v) is 1.95. The lowest BCUT2D eigenvalue weighted by Gasteiger charge is -2.13. The van der Waals surface area contributed by atoms with E-state index in [1.807, 2.05) is 0 Å². The van der Waals surface area contributed by atoms with Crippen molar-refractivity contribution < 1.29 is 18.3 Å². The average Bonchev–Trinajstić information content (AvgIpc) is 1.99. The lowest BCUT2D eigenvalue weighted by molar-refractivity contribution is -0.137. The Morgan fingerprint density at radius 1 is 1.20 bits per heavy atom. The predicted molar refractivity (Wildman–Crippen MR) is 52.1 cm³/mol. The van der Waals surface area contributed by atoms with Gasteiger partial charge in [-0.05, 0) is 19.1 Å². The third-order valence-electron chi connectivity index (χ3n) is 1.82. The summed E-state index contributed by atoms with van der Waals surface area (Å²) in [6.45, 7) is 1.38. The van der Waals surface area contributed by atoms with Crippen LogP contribution < -0.4 is 0 Å².